The Hall–Kier alpha value is -2.90. The summed E-state index contributed by atoms with van der Waals surface area (Å²) in [6, 6.07) is 11.1. The molecule has 5 atom stereocenters. The topological polar surface area (TPSA) is 42.4 Å². The third kappa shape index (κ3) is 4.28. The van der Waals surface area contributed by atoms with E-state index >= 15 is 0 Å². The number of ether oxygens (including phenoxy) is 1. The molecule has 36 heavy (non-hydrogen) atoms. The second-order valence-electron chi connectivity index (χ2n) is 10.4. The van der Waals surface area contributed by atoms with Crippen molar-refractivity contribution in [3.63, 3.8) is 0 Å². The molecule has 7 heteroatoms. The molecular formula is C29H32F3N2O2+. The number of aliphatic hydroxyl groups is 1. The summed E-state index contributed by atoms with van der Waals surface area (Å²) in [6.45, 7) is 8.31. The van der Waals surface area contributed by atoms with Gasteiger partial charge in [0.2, 0.25) is 0 Å². The van der Waals surface area contributed by atoms with E-state index in [1.165, 1.54) is 0 Å². The largest absolute Gasteiger partial charge is 0.497 e. The smallest absolute Gasteiger partial charge is 0.416 e. The van der Waals surface area contributed by atoms with Gasteiger partial charge >= 0.3 is 6.18 Å². The molecule has 0 spiro atoms. The van der Waals surface area contributed by atoms with Crippen LogP contribution in [0.15, 0.2) is 61.3 Å². The minimum atomic E-state index is -4.36. The van der Waals surface area contributed by atoms with E-state index in [-0.39, 0.29) is 6.04 Å². The van der Waals surface area contributed by atoms with Crippen LogP contribution in [0, 0.1) is 18.8 Å². The Morgan fingerprint density at radius 2 is 1.97 bits per heavy atom. The number of aliphatic hydroxyl groups excluding tert-OH is 1. The molecule has 5 unspecified atom stereocenters. The minimum absolute atomic E-state index is 0.0839. The number of pyridine rings is 1. The third-order valence-corrected chi connectivity index (χ3v) is 8.42. The monoisotopic (exact) mass is 497 g/mol. The number of rotatable bonds is 6. The first-order chi connectivity index (χ1) is 17.1. The molecule has 1 aromatic heterocycles. The van der Waals surface area contributed by atoms with Crippen LogP contribution in [0.2, 0.25) is 0 Å². The third-order valence-electron chi connectivity index (χ3n) is 8.42. The summed E-state index contributed by atoms with van der Waals surface area (Å²) >= 11 is 0. The van der Waals surface area contributed by atoms with Gasteiger partial charge in [0.05, 0.1) is 31.3 Å². The van der Waals surface area contributed by atoms with Crippen molar-refractivity contribution in [1.29, 1.82) is 0 Å². The maximum absolute atomic E-state index is 13.1. The first-order valence-electron chi connectivity index (χ1n) is 12.4. The van der Waals surface area contributed by atoms with Gasteiger partial charge in [-0.25, -0.2) is 0 Å². The van der Waals surface area contributed by atoms with Crippen molar-refractivity contribution in [2.75, 3.05) is 20.2 Å². The van der Waals surface area contributed by atoms with Crippen LogP contribution < -0.4 is 4.74 Å². The molecule has 3 aromatic rings. The van der Waals surface area contributed by atoms with Gasteiger partial charge in [-0.15, -0.1) is 6.58 Å². The molecule has 3 aliphatic rings. The van der Waals surface area contributed by atoms with E-state index in [1.807, 2.05) is 31.2 Å². The lowest BCUT2D eigenvalue weighted by atomic mass is 9.71. The Morgan fingerprint density at radius 1 is 1.22 bits per heavy atom. The minimum Gasteiger partial charge on any atom is -0.497 e. The highest BCUT2D eigenvalue weighted by Crippen LogP contribution is 2.48. The zero-order valence-electron chi connectivity index (χ0n) is 20.6. The zero-order chi connectivity index (χ0) is 25.7. The molecule has 3 aliphatic heterocycles. The van der Waals surface area contributed by atoms with E-state index < -0.39 is 17.8 Å². The fraction of sp³-hybridized carbons (Fsp3) is 0.414. The summed E-state index contributed by atoms with van der Waals surface area (Å²) in [7, 11) is 1.62. The lowest BCUT2D eigenvalue weighted by Crippen LogP contribution is -2.67. The summed E-state index contributed by atoms with van der Waals surface area (Å²) in [6.07, 6.45) is 0.509. The molecule has 190 valence electrons. The van der Waals surface area contributed by atoms with Gasteiger partial charge < -0.3 is 14.3 Å². The van der Waals surface area contributed by atoms with Gasteiger partial charge in [-0.2, -0.15) is 13.2 Å². The summed E-state index contributed by atoms with van der Waals surface area (Å²) in [5.74, 6) is 1.49. The predicted molar refractivity (Wildman–Crippen MR) is 133 cm³/mol. The Balaban J connectivity index is 1.54. The Kier molecular flexibility index (Phi) is 6.33. The lowest BCUT2D eigenvalue weighted by Gasteiger charge is -2.58. The van der Waals surface area contributed by atoms with Crippen LogP contribution in [-0.4, -0.2) is 40.8 Å². The molecule has 6 rings (SSSR count). The molecule has 3 fully saturated rings. The number of alkyl halides is 3. The van der Waals surface area contributed by atoms with E-state index in [0.29, 0.717) is 28.6 Å². The van der Waals surface area contributed by atoms with Crippen molar-refractivity contribution in [1.82, 2.24) is 4.98 Å². The summed E-state index contributed by atoms with van der Waals surface area (Å²) in [5.41, 5.74) is 2.84. The average molecular weight is 498 g/mol. The summed E-state index contributed by atoms with van der Waals surface area (Å²) < 4.78 is 45.5. The number of halogens is 3. The van der Waals surface area contributed by atoms with Gasteiger partial charge in [-0.05, 0) is 54.3 Å². The second-order valence-corrected chi connectivity index (χ2v) is 10.4. The van der Waals surface area contributed by atoms with Gasteiger partial charge in [0.1, 0.15) is 24.4 Å². The van der Waals surface area contributed by atoms with E-state index in [2.05, 4.69) is 11.6 Å². The first-order valence-corrected chi connectivity index (χ1v) is 12.4. The molecule has 4 heterocycles. The van der Waals surface area contributed by atoms with Crippen molar-refractivity contribution >= 4 is 10.9 Å². The highest BCUT2D eigenvalue weighted by Gasteiger charge is 2.54. The fourth-order valence-electron chi connectivity index (χ4n) is 6.55. The second kappa shape index (κ2) is 9.20. The standard InChI is InChI=1S/C29H32F3N2O2/c1-4-20-17-34(16-19-5-7-22(8-6-19)29(30,31)32)12-10-21(20)14-26(34)28(35)24-9-11-33-27-18(2)13-23(36-3)15-25(24)27/h4-9,11,13,15,20-21,26,28,35H,1,10,12,14,16-17H2,2-3H3/q+1. The van der Waals surface area contributed by atoms with Gasteiger partial charge in [-0.3, -0.25) is 4.98 Å². The maximum Gasteiger partial charge on any atom is 0.416 e. The molecule has 0 saturated carbocycles. The predicted octanol–water partition coefficient (Wildman–Crippen LogP) is 6.22. The number of quaternary nitrogens is 1. The normalized spacial score (nSPS) is 26.7. The quantitative estimate of drug-likeness (QED) is 0.325. The van der Waals surface area contributed by atoms with Gasteiger partial charge in [-0.1, -0.05) is 18.2 Å². The fourth-order valence-corrected chi connectivity index (χ4v) is 6.55. The number of piperidine rings is 3. The van der Waals surface area contributed by atoms with Crippen molar-refractivity contribution in [2.24, 2.45) is 11.8 Å². The summed E-state index contributed by atoms with van der Waals surface area (Å²) in [4.78, 5) is 4.55. The molecular weight excluding hydrogens is 465 g/mol. The Morgan fingerprint density at radius 3 is 2.64 bits per heavy atom. The molecule has 0 aliphatic carbocycles. The molecule has 3 saturated heterocycles. The Labute approximate surface area is 209 Å². The zero-order valence-corrected chi connectivity index (χ0v) is 20.6. The van der Waals surface area contributed by atoms with Crippen LogP contribution in [0.5, 0.6) is 5.75 Å². The van der Waals surface area contributed by atoms with Crippen molar-refractivity contribution in [3.05, 3.63) is 83.6 Å². The van der Waals surface area contributed by atoms with Gasteiger partial charge in [0.15, 0.2) is 0 Å². The molecule has 2 bridgehead atoms. The van der Waals surface area contributed by atoms with Gasteiger partial charge in [0.25, 0.3) is 0 Å². The number of nitrogens with zero attached hydrogens (tertiary/aromatic N) is 2. The highest BCUT2D eigenvalue weighted by molar-refractivity contribution is 5.86. The van der Waals surface area contributed by atoms with E-state index in [1.54, 1.807) is 25.4 Å². The highest BCUT2D eigenvalue weighted by atomic mass is 19.4. The van der Waals surface area contributed by atoms with Crippen LogP contribution in [0.1, 0.15) is 41.2 Å². The number of aromatic nitrogens is 1. The maximum atomic E-state index is 13.1. The van der Waals surface area contributed by atoms with Crippen LogP contribution >= 0.6 is 0 Å². The van der Waals surface area contributed by atoms with Crippen LogP contribution in [0.25, 0.3) is 10.9 Å². The number of benzene rings is 2. The molecule has 0 amide bonds. The molecule has 1 N–H and O–H groups in total. The first kappa shape index (κ1) is 24.8. The van der Waals surface area contributed by atoms with Crippen LogP contribution in [-0.2, 0) is 12.7 Å². The number of aryl methyl sites for hydroxylation is 1. The lowest BCUT2D eigenvalue weighted by molar-refractivity contribution is -0.984. The van der Waals surface area contributed by atoms with Crippen molar-refractivity contribution in [3.8, 4) is 5.75 Å². The SMILES string of the molecule is C=CC1C[N+]2(Cc3ccc(C(F)(F)F)cc3)CCC1CC2C(O)c1ccnc2c(C)cc(OC)cc12. The average Bonchev–Trinajstić information content (AvgIpc) is 2.87. The van der Waals surface area contributed by atoms with Crippen LogP contribution in [0.4, 0.5) is 13.2 Å². The number of hydrogen-bond donors (Lipinski definition) is 1. The van der Waals surface area contributed by atoms with E-state index in [4.69, 9.17) is 4.74 Å². The van der Waals surface area contributed by atoms with Crippen LogP contribution in [0.3, 0.4) is 0 Å². The molecule has 0 radical (unpaired) electrons. The molecule has 2 aromatic carbocycles. The molecule has 4 nitrogen and oxygen atoms in total. The van der Waals surface area contributed by atoms with E-state index in [0.717, 1.165) is 65.7 Å². The number of methoxy groups -OCH3 is 1. The van der Waals surface area contributed by atoms with Crippen molar-refractivity contribution < 1.29 is 27.5 Å². The number of hydrogen-bond acceptors (Lipinski definition) is 3. The number of fused-ring (bicyclic) bond motifs is 4. The van der Waals surface area contributed by atoms with Gasteiger partial charge in [0, 0.05) is 35.9 Å². The van der Waals surface area contributed by atoms with Crippen molar-refractivity contribution in [2.45, 2.75) is 44.6 Å². The van der Waals surface area contributed by atoms with E-state index in [9.17, 15) is 18.3 Å². The Bertz CT molecular complexity index is 1270. The summed E-state index contributed by atoms with van der Waals surface area (Å²) in [5, 5.41) is 12.8.